The minimum atomic E-state index is -0.267. The lowest BCUT2D eigenvalue weighted by molar-refractivity contribution is -0.124. The quantitative estimate of drug-likeness (QED) is 0.891. The first kappa shape index (κ1) is 17.3. The molecule has 0 unspecified atom stereocenters. The lowest BCUT2D eigenvalue weighted by atomic mass is 9.94. The van der Waals surface area contributed by atoms with Gasteiger partial charge in [-0.3, -0.25) is 14.4 Å². The maximum atomic E-state index is 12.3. The Balaban J connectivity index is 1.33. The topological polar surface area (TPSA) is 68.0 Å². The van der Waals surface area contributed by atoms with Gasteiger partial charge in [-0.1, -0.05) is 19.3 Å². The summed E-state index contributed by atoms with van der Waals surface area (Å²) in [7, 11) is 0. The molecule has 1 N–H and O–H groups in total. The molecule has 26 heavy (non-hydrogen) atoms. The summed E-state index contributed by atoms with van der Waals surface area (Å²) in [5.74, 6) is -0.0159. The van der Waals surface area contributed by atoms with Gasteiger partial charge < -0.3 is 9.88 Å². The molecule has 7 nitrogen and oxygen atoms in total. The molecule has 7 heteroatoms. The van der Waals surface area contributed by atoms with Crippen molar-refractivity contribution in [1.82, 2.24) is 29.5 Å². The fourth-order valence-electron chi connectivity index (χ4n) is 4.15. The van der Waals surface area contributed by atoms with Gasteiger partial charge in [0, 0.05) is 31.5 Å². The molecule has 3 heterocycles. The van der Waals surface area contributed by atoms with Crippen LogP contribution in [-0.2, 0) is 24.4 Å². The van der Waals surface area contributed by atoms with Crippen molar-refractivity contribution >= 4 is 5.91 Å². The number of hydrogen-bond donors (Lipinski definition) is 1. The molecule has 1 fully saturated rings. The van der Waals surface area contributed by atoms with Crippen molar-refractivity contribution in [3.8, 4) is 0 Å². The zero-order valence-electron chi connectivity index (χ0n) is 15.5. The normalized spacial score (nSPS) is 19.9. The number of hydrogen-bond acceptors (Lipinski definition) is 4. The molecule has 140 valence electrons. The van der Waals surface area contributed by atoms with Crippen LogP contribution in [-0.4, -0.2) is 42.7 Å². The fraction of sp³-hybridized carbons (Fsp3) is 0.632. The average Bonchev–Trinajstić information content (AvgIpc) is 3.35. The van der Waals surface area contributed by atoms with Crippen molar-refractivity contribution in [2.75, 3.05) is 6.54 Å². The molecule has 0 saturated heterocycles. The highest BCUT2D eigenvalue weighted by atomic mass is 16.2. The van der Waals surface area contributed by atoms with Gasteiger partial charge in [-0.2, -0.15) is 5.10 Å². The second-order valence-corrected chi connectivity index (χ2v) is 7.52. The van der Waals surface area contributed by atoms with Crippen molar-refractivity contribution in [1.29, 1.82) is 0 Å². The maximum absolute atomic E-state index is 12.3. The van der Waals surface area contributed by atoms with Crippen LogP contribution >= 0.6 is 0 Å². The van der Waals surface area contributed by atoms with Crippen LogP contribution in [0.5, 0.6) is 0 Å². The van der Waals surface area contributed by atoms with E-state index < -0.39 is 0 Å². The van der Waals surface area contributed by atoms with E-state index in [1.807, 2.05) is 6.92 Å². The Morgan fingerprint density at radius 1 is 1.31 bits per heavy atom. The highest BCUT2D eigenvalue weighted by Gasteiger charge is 2.26. The summed E-state index contributed by atoms with van der Waals surface area (Å²) in [6.45, 7) is 5.36. The van der Waals surface area contributed by atoms with Crippen LogP contribution in [0.2, 0.25) is 0 Å². The van der Waals surface area contributed by atoms with E-state index in [9.17, 15) is 4.79 Å². The zero-order valence-corrected chi connectivity index (χ0v) is 15.5. The molecule has 1 saturated carbocycles. The number of carbonyl (C=O) groups is 1. The Hall–Kier alpha value is -2.15. The minimum Gasteiger partial charge on any atom is -0.349 e. The Morgan fingerprint density at radius 2 is 2.15 bits per heavy atom. The summed E-state index contributed by atoms with van der Waals surface area (Å²) in [5, 5.41) is 7.67. The van der Waals surface area contributed by atoms with Gasteiger partial charge >= 0.3 is 0 Å². The fourth-order valence-corrected chi connectivity index (χ4v) is 4.15. The SMILES string of the molecule is C[C@H](C(=O)NCc1cc2n(n1)CCN(C1CCCCC1)C2)n1ccnc1. The van der Waals surface area contributed by atoms with Crippen LogP contribution in [0, 0.1) is 0 Å². The van der Waals surface area contributed by atoms with E-state index >= 15 is 0 Å². The van der Waals surface area contributed by atoms with E-state index in [1.54, 1.807) is 23.3 Å². The van der Waals surface area contributed by atoms with Gasteiger partial charge in [0.1, 0.15) is 6.04 Å². The molecule has 2 aromatic heterocycles. The van der Waals surface area contributed by atoms with Gasteiger partial charge in [0.15, 0.2) is 0 Å². The van der Waals surface area contributed by atoms with Crippen molar-refractivity contribution in [2.24, 2.45) is 0 Å². The lowest BCUT2D eigenvalue weighted by Gasteiger charge is -2.36. The van der Waals surface area contributed by atoms with E-state index in [4.69, 9.17) is 0 Å². The third-order valence-electron chi connectivity index (χ3n) is 5.76. The Kier molecular flexibility index (Phi) is 5.06. The predicted molar refractivity (Wildman–Crippen MR) is 98.3 cm³/mol. The molecule has 0 aromatic carbocycles. The minimum absolute atomic E-state index is 0.0159. The standard InChI is InChI=1S/C19H28N6O/c1-15(24-8-7-20-14-24)19(26)21-12-16-11-18-13-23(9-10-25(18)22-16)17-5-3-2-4-6-17/h7-8,11,14-15,17H,2-6,9-10,12-13H2,1H3,(H,21,26)/t15-/m1/s1. The highest BCUT2D eigenvalue weighted by molar-refractivity contribution is 5.79. The van der Waals surface area contributed by atoms with Crippen molar-refractivity contribution in [3.05, 3.63) is 36.2 Å². The monoisotopic (exact) mass is 356 g/mol. The summed E-state index contributed by atoms with van der Waals surface area (Å²) in [5.41, 5.74) is 2.21. The number of amides is 1. The second kappa shape index (κ2) is 7.61. The number of carbonyl (C=O) groups excluding carboxylic acids is 1. The summed E-state index contributed by atoms with van der Waals surface area (Å²) >= 11 is 0. The van der Waals surface area contributed by atoms with Crippen molar-refractivity contribution in [3.63, 3.8) is 0 Å². The van der Waals surface area contributed by atoms with E-state index in [0.29, 0.717) is 6.54 Å². The van der Waals surface area contributed by atoms with Gasteiger partial charge in [-0.15, -0.1) is 0 Å². The first-order valence-electron chi connectivity index (χ1n) is 9.75. The van der Waals surface area contributed by atoms with Crippen LogP contribution in [0.25, 0.3) is 0 Å². The zero-order chi connectivity index (χ0) is 17.9. The van der Waals surface area contributed by atoms with Crippen molar-refractivity contribution < 1.29 is 4.79 Å². The summed E-state index contributed by atoms with van der Waals surface area (Å²) in [6, 6.07) is 2.63. The smallest absolute Gasteiger partial charge is 0.243 e. The average molecular weight is 356 g/mol. The molecule has 1 atom stereocenters. The van der Waals surface area contributed by atoms with E-state index in [2.05, 4.69) is 31.0 Å². The number of aromatic nitrogens is 4. The summed E-state index contributed by atoms with van der Waals surface area (Å²) in [4.78, 5) is 18.9. The third kappa shape index (κ3) is 3.67. The Bertz CT molecular complexity index is 731. The van der Waals surface area contributed by atoms with E-state index in [-0.39, 0.29) is 11.9 Å². The number of imidazole rings is 1. The second-order valence-electron chi connectivity index (χ2n) is 7.52. The van der Waals surface area contributed by atoms with Crippen LogP contribution in [0.3, 0.4) is 0 Å². The Labute approximate surface area is 154 Å². The summed E-state index contributed by atoms with van der Waals surface area (Å²) in [6.07, 6.45) is 12.0. The molecular formula is C19H28N6O. The molecule has 2 aromatic rings. The lowest BCUT2D eigenvalue weighted by Crippen LogP contribution is -2.42. The first-order valence-corrected chi connectivity index (χ1v) is 9.75. The third-order valence-corrected chi connectivity index (χ3v) is 5.76. The predicted octanol–water partition coefficient (Wildman–Crippen LogP) is 2.11. The molecule has 1 aliphatic carbocycles. The molecule has 1 amide bonds. The van der Waals surface area contributed by atoms with Gasteiger partial charge in [0.05, 0.1) is 30.8 Å². The van der Waals surface area contributed by atoms with Crippen LogP contribution in [0.15, 0.2) is 24.8 Å². The molecular weight excluding hydrogens is 328 g/mol. The first-order chi connectivity index (χ1) is 12.7. The van der Waals surface area contributed by atoms with Gasteiger partial charge in [-0.05, 0) is 25.8 Å². The molecule has 4 rings (SSSR count). The molecule has 0 bridgehead atoms. The molecule has 0 radical (unpaired) electrons. The van der Waals surface area contributed by atoms with Gasteiger partial charge in [0.25, 0.3) is 0 Å². The molecule has 0 spiro atoms. The van der Waals surface area contributed by atoms with E-state index in [0.717, 1.165) is 31.4 Å². The van der Waals surface area contributed by atoms with Crippen LogP contribution < -0.4 is 5.32 Å². The van der Waals surface area contributed by atoms with Gasteiger partial charge in [-0.25, -0.2) is 4.98 Å². The summed E-state index contributed by atoms with van der Waals surface area (Å²) < 4.78 is 3.91. The van der Waals surface area contributed by atoms with Crippen LogP contribution in [0.1, 0.15) is 56.5 Å². The van der Waals surface area contributed by atoms with Crippen molar-refractivity contribution in [2.45, 2.75) is 70.7 Å². The molecule has 2 aliphatic rings. The largest absolute Gasteiger partial charge is 0.349 e. The number of rotatable bonds is 5. The number of nitrogens with zero attached hydrogens (tertiary/aromatic N) is 5. The Morgan fingerprint density at radius 3 is 2.92 bits per heavy atom. The number of nitrogens with one attached hydrogen (secondary N) is 1. The highest BCUT2D eigenvalue weighted by Crippen LogP contribution is 2.26. The van der Waals surface area contributed by atoms with Crippen LogP contribution in [0.4, 0.5) is 0 Å². The maximum Gasteiger partial charge on any atom is 0.243 e. The van der Waals surface area contributed by atoms with Gasteiger partial charge in [0.2, 0.25) is 5.91 Å². The van der Waals surface area contributed by atoms with E-state index in [1.165, 1.54) is 37.8 Å². The molecule has 1 aliphatic heterocycles. The number of fused-ring (bicyclic) bond motifs is 1.